The summed E-state index contributed by atoms with van der Waals surface area (Å²) in [5.41, 5.74) is 3.10. The van der Waals surface area contributed by atoms with Crippen LogP contribution >= 0.6 is 0 Å². The molecule has 96 valence electrons. The Morgan fingerprint density at radius 3 is 2.50 bits per heavy atom. The molecule has 1 aliphatic rings. The Morgan fingerprint density at radius 1 is 1.11 bits per heavy atom. The van der Waals surface area contributed by atoms with Gasteiger partial charge in [0.05, 0.1) is 5.69 Å². The first-order valence-corrected chi connectivity index (χ1v) is 6.67. The molecule has 1 fully saturated rings. The number of aromatic nitrogens is 4. The standard InChI is InChI=1S/C13H19N5/c1-4-18-12-11(9(2)16-18)14-10(3)15-13(12)17-7-5-6-8-17/h4-8H2,1-3H3. The summed E-state index contributed by atoms with van der Waals surface area (Å²) >= 11 is 0. The Bertz CT molecular complexity index is 581. The largest absolute Gasteiger partial charge is 0.355 e. The van der Waals surface area contributed by atoms with E-state index in [9.17, 15) is 0 Å². The number of nitrogens with zero attached hydrogens (tertiary/aromatic N) is 5. The third kappa shape index (κ3) is 1.65. The second-order valence-electron chi connectivity index (χ2n) is 4.89. The van der Waals surface area contributed by atoms with E-state index in [2.05, 4.69) is 26.9 Å². The average Bonchev–Trinajstić information content (AvgIpc) is 2.97. The minimum Gasteiger partial charge on any atom is -0.355 e. The lowest BCUT2D eigenvalue weighted by Crippen LogP contribution is -2.21. The van der Waals surface area contributed by atoms with Gasteiger partial charge in [-0.05, 0) is 33.6 Å². The molecule has 0 atom stereocenters. The van der Waals surface area contributed by atoms with Crippen molar-refractivity contribution < 1.29 is 0 Å². The molecule has 3 heterocycles. The molecule has 0 aromatic carbocycles. The quantitative estimate of drug-likeness (QED) is 0.812. The monoisotopic (exact) mass is 245 g/mol. The highest BCUT2D eigenvalue weighted by Crippen LogP contribution is 2.28. The Hall–Kier alpha value is -1.65. The summed E-state index contributed by atoms with van der Waals surface area (Å²) in [7, 11) is 0. The lowest BCUT2D eigenvalue weighted by molar-refractivity contribution is 0.674. The first kappa shape index (κ1) is 11.4. The number of hydrogen-bond donors (Lipinski definition) is 0. The van der Waals surface area contributed by atoms with Crippen molar-refractivity contribution in [2.24, 2.45) is 0 Å². The highest BCUT2D eigenvalue weighted by atomic mass is 15.3. The summed E-state index contributed by atoms with van der Waals surface area (Å²) in [6, 6.07) is 0. The van der Waals surface area contributed by atoms with E-state index in [0.717, 1.165) is 48.0 Å². The molecule has 0 N–H and O–H groups in total. The van der Waals surface area contributed by atoms with Crippen LogP contribution in [0.5, 0.6) is 0 Å². The van der Waals surface area contributed by atoms with Gasteiger partial charge in [-0.1, -0.05) is 0 Å². The smallest absolute Gasteiger partial charge is 0.158 e. The van der Waals surface area contributed by atoms with Crippen LogP contribution in [0, 0.1) is 13.8 Å². The van der Waals surface area contributed by atoms with E-state index < -0.39 is 0 Å². The maximum atomic E-state index is 4.66. The minimum atomic E-state index is 0.836. The highest BCUT2D eigenvalue weighted by molar-refractivity contribution is 5.88. The molecule has 0 aliphatic carbocycles. The second-order valence-corrected chi connectivity index (χ2v) is 4.89. The van der Waals surface area contributed by atoms with Gasteiger partial charge in [0, 0.05) is 19.6 Å². The molecule has 2 aromatic heterocycles. The van der Waals surface area contributed by atoms with Gasteiger partial charge in [0.1, 0.15) is 16.9 Å². The summed E-state index contributed by atoms with van der Waals surface area (Å²) in [6.45, 7) is 9.15. The van der Waals surface area contributed by atoms with E-state index in [1.165, 1.54) is 12.8 Å². The molecule has 5 nitrogen and oxygen atoms in total. The third-order valence-corrected chi connectivity index (χ3v) is 3.55. The molecular formula is C13H19N5. The van der Waals surface area contributed by atoms with Gasteiger partial charge in [0.2, 0.25) is 0 Å². The van der Waals surface area contributed by atoms with Crippen LogP contribution in [0.25, 0.3) is 11.0 Å². The summed E-state index contributed by atoms with van der Waals surface area (Å²) in [4.78, 5) is 11.6. The van der Waals surface area contributed by atoms with Crippen LogP contribution in [-0.4, -0.2) is 32.8 Å². The van der Waals surface area contributed by atoms with Gasteiger partial charge >= 0.3 is 0 Å². The lowest BCUT2D eigenvalue weighted by Gasteiger charge is -2.18. The normalized spacial score (nSPS) is 15.8. The van der Waals surface area contributed by atoms with Crippen molar-refractivity contribution in [3.63, 3.8) is 0 Å². The molecule has 18 heavy (non-hydrogen) atoms. The molecule has 2 aromatic rings. The van der Waals surface area contributed by atoms with Crippen molar-refractivity contribution in [2.45, 2.75) is 40.2 Å². The molecule has 3 rings (SSSR count). The molecule has 0 amide bonds. The number of anilines is 1. The van der Waals surface area contributed by atoms with Crippen LogP contribution in [0.15, 0.2) is 0 Å². The van der Waals surface area contributed by atoms with Crippen molar-refractivity contribution in [1.29, 1.82) is 0 Å². The van der Waals surface area contributed by atoms with Crippen LogP contribution in [0.1, 0.15) is 31.3 Å². The van der Waals surface area contributed by atoms with Crippen LogP contribution in [0.2, 0.25) is 0 Å². The number of aryl methyl sites for hydroxylation is 3. The fourth-order valence-corrected chi connectivity index (χ4v) is 2.70. The Labute approximate surface area is 107 Å². The molecule has 0 bridgehead atoms. The fraction of sp³-hybridized carbons (Fsp3) is 0.615. The summed E-state index contributed by atoms with van der Waals surface area (Å²) in [5.74, 6) is 1.90. The van der Waals surface area contributed by atoms with Gasteiger partial charge in [0.15, 0.2) is 5.82 Å². The van der Waals surface area contributed by atoms with E-state index in [1.54, 1.807) is 0 Å². The maximum absolute atomic E-state index is 4.66. The van der Waals surface area contributed by atoms with Crippen molar-refractivity contribution in [2.75, 3.05) is 18.0 Å². The average molecular weight is 245 g/mol. The number of hydrogen-bond acceptors (Lipinski definition) is 4. The molecule has 1 aliphatic heterocycles. The van der Waals surface area contributed by atoms with Gasteiger partial charge in [-0.3, -0.25) is 4.68 Å². The molecule has 0 radical (unpaired) electrons. The maximum Gasteiger partial charge on any atom is 0.158 e. The summed E-state index contributed by atoms with van der Waals surface area (Å²) in [6.07, 6.45) is 2.51. The lowest BCUT2D eigenvalue weighted by atomic mass is 10.3. The topological polar surface area (TPSA) is 46.8 Å². The van der Waals surface area contributed by atoms with Gasteiger partial charge in [-0.25, -0.2) is 9.97 Å². The molecule has 0 saturated carbocycles. The highest BCUT2D eigenvalue weighted by Gasteiger charge is 2.21. The van der Waals surface area contributed by atoms with Crippen LogP contribution in [0.3, 0.4) is 0 Å². The Morgan fingerprint density at radius 2 is 1.83 bits per heavy atom. The SMILES string of the molecule is CCn1nc(C)c2nc(C)nc(N3CCCC3)c21. The van der Waals surface area contributed by atoms with E-state index in [4.69, 9.17) is 0 Å². The third-order valence-electron chi connectivity index (χ3n) is 3.55. The van der Waals surface area contributed by atoms with E-state index in [0.29, 0.717) is 0 Å². The van der Waals surface area contributed by atoms with Crippen LogP contribution in [0.4, 0.5) is 5.82 Å². The predicted octanol–water partition coefficient (Wildman–Crippen LogP) is 2.06. The van der Waals surface area contributed by atoms with Gasteiger partial charge in [-0.15, -0.1) is 0 Å². The zero-order valence-corrected chi connectivity index (χ0v) is 11.3. The zero-order valence-electron chi connectivity index (χ0n) is 11.3. The van der Waals surface area contributed by atoms with E-state index in [1.807, 2.05) is 18.5 Å². The van der Waals surface area contributed by atoms with Crippen LogP contribution in [-0.2, 0) is 6.54 Å². The molecular weight excluding hydrogens is 226 g/mol. The molecule has 0 unspecified atom stereocenters. The molecule has 1 saturated heterocycles. The fourth-order valence-electron chi connectivity index (χ4n) is 2.70. The first-order valence-electron chi connectivity index (χ1n) is 6.67. The molecule has 5 heteroatoms. The number of fused-ring (bicyclic) bond motifs is 1. The van der Waals surface area contributed by atoms with E-state index in [-0.39, 0.29) is 0 Å². The predicted molar refractivity (Wildman–Crippen MR) is 71.9 cm³/mol. The van der Waals surface area contributed by atoms with Crippen molar-refractivity contribution in [3.8, 4) is 0 Å². The Kier molecular flexibility index (Phi) is 2.69. The summed E-state index contributed by atoms with van der Waals surface area (Å²) in [5, 5.41) is 4.57. The van der Waals surface area contributed by atoms with E-state index >= 15 is 0 Å². The van der Waals surface area contributed by atoms with Crippen molar-refractivity contribution in [3.05, 3.63) is 11.5 Å². The van der Waals surface area contributed by atoms with Crippen molar-refractivity contribution in [1.82, 2.24) is 19.7 Å². The van der Waals surface area contributed by atoms with Gasteiger partial charge in [-0.2, -0.15) is 5.10 Å². The second kappa shape index (κ2) is 4.23. The van der Waals surface area contributed by atoms with Crippen molar-refractivity contribution >= 4 is 16.9 Å². The Balaban J connectivity index is 2.27. The first-order chi connectivity index (χ1) is 8.70. The number of rotatable bonds is 2. The molecule has 0 spiro atoms. The van der Waals surface area contributed by atoms with Crippen LogP contribution < -0.4 is 4.90 Å². The minimum absolute atomic E-state index is 0.836. The van der Waals surface area contributed by atoms with Gasteiger partial charge < -0.3 is 4.90 Å². The summed E-state index contributed by atoms with van der Waals surface area (Å²) < 4.78 is 2.03. The zero-order chi connectivity index (χ0) is 12.7. The van der Waals surface area contributed by atoms with Gasteiger partial charge in [0.25, 0.3) is 0 Å².